The summed E-state index contributed by atoms with van der Waals surface area (Å²) in [5, 5.41) is 5.42. The van der Waals surface area contributed by atoms with Gasteiger partial charge in [-0.1, -0.05) is 24.3 Å². The zero-order valence-corrected chi connectivity index (χ0v) is 19.6. The number of hydrogen-bond acceptors (Lipinski definition) is 5. The summed E-state index contributed by atoms with van der Waals surface area (Å²) in [7, 11) is 0. The summed E-state index contributed by atoms with van der Waals surface area (Å²) in [5.74, 6) is 0.758. The molecule has 1 aromatic carbocycles. The summed E-state index contributed by atoms with van der Waals surface area (Å²) in [6.45, 7) is 8.03. The number of halogens is 1. The van der Waals surface area contributed by atoms with E-state index >= 15 is 0 Å². The summed E-state index contributed by atoms with van der Waals surface area (Å²) in [5.41, 5.74) is 2.00. The van der Waals surface area contributed by atoms with Crippen LogP contribution in [0.25, 0.3) is 16.8 Å². The van der Waals surface area contributed by atoms with Gasteiger partial charge in [-0.3, -0.25) is 9.88 Å². The van der Waals surface area contributed by atoms with Crippen molar-refractivity contribution in [2.24, 2.45) is 0 Å². The van der Waals surface area contributed by atoms with Crippen LogP contribution in [0, 0.1) is 0 Å². The van der Waals surface area contributed by atoms with Crippen LogP contribution >= 0.6 is 15.9 Å². The Morgan fingerprint density at radius 3 is 2.84 bits per heavy atom. The molecule has 1 unspecified atom stereocenters. The van der Waals surface area contributed by atoms with Crippen LogP contribution in [-0.2, 0) is 11.3 Å². The number of fused-ring (bicyclic) bond motifs is 2. The Balaban J connectivity index is 1.77. The van der Waals surface area contributed by atoms with Crippen LogP contribution in [0.2, 0.25) is 0 Å². The van der Waals surface area contributed by atoms with E-state index < -0.39 is 11.7 Å². The zero-order chi connectivity index (χ0) is 22.2. The molecule has 0 aliphatic carbocycles. The highest BCUT2D eigenvalue weighted by atomic mass is 79.9. The normalized spacial score (nSPS) is 15.3. The van der Waals surface area contributed by atoms with Gasteiger partial charge in [0, 0.05) is 40.1 Å². The number of aromatic nitrogens is 2. The summed E-state index contributed by atoms with van der Waals surface area (Å²) in [6, 6.07) is 8.13. The lowest BCUT2D eigenvalue weighted by Crippen LogP contribution is -2.37. The first-order valence-corrected chi connectivity index (χ1v) is 11.0. The number of benzene rings is 1. The third-order valence-corrected chi connectivity index (χ3v) is 5.54. The van der Waals surface area contributed by atoms with E-state index in [4.69, 9.17) is 4.74 Å². The van der Waals surface area contributed by atoms with Crippen LogP contribution in [0.15, 0.2) is 53.4 Å². The van der Waals surface area contributed by atoms with E-state index in [0.717, 1.165) is 37.9 Å². The van der Waals surface area contributed by atoms with E-state index in [-0.39, 0.29) is 6.04 Å². The summed E-state index contributed by atoms with van der Waals surface area (Å²) in [4.78, 5) is 23.6. The molecule has 2 aromatic heterocycles. The van der Waals surface area contributed by atoms with E-state index in [1.54, 1.807) is 17.3 Å². The predicted octanol–water partition coefficient (Wildman–Crippen LogP) is 6.16. The fourth-order valence-corrected chi connectivity index (χ4v) is 3.97. The van der Waals surface area contributed by atoms with Crippen LogP contribution in [0.1, 0.15) is 38.8 Å². The highest BCUT2D eigenvalue weighted by Crippen LogP contribution is 2.33. The molecule has 1 atom stereocenters. The molecular formula is C24H25BrN4O2. The van der Waals surface area contributed by atoms with Crippen molar-refractivity contribution in [3.05, 3.63) is 64.5 Å². The first kappa shape index (κ1) is 21.3. The maximum atomic E-state index is 13.3. The van der Waals surface area contributed by atoms with Crippen molar-refractivity contribution < 1.29 is 9.53 Å². The average molecular weight is 481 g/mol. The van der Waals surface area contributed by atoms with E-state index in [9.17, 15) is 4.79 Å². The quantitative estimate of drug-likeness (QED) is 0.485. The second-order valence-electron chi connectivity index (χ2n) is 8.63. The third-order valence-electron chi connectivity index (χ3n) is 4.90. The molecule has 3 aromatic rings. The molecule has 0 bridgehead atoms. The van der Waals surface area contributed by atoms with E-state index in [2.05, 4.69) is 50.3 Å². The number of ether oxygens (including phenoxy) is 1. The molecule has 0 saturated heterocycles. The highest BCUT2D eigenvalue weighted by Gasteiger charge is 2.27. The lowest BCUT2D eigenvalue weighted by Gasteiger charge is -2.30. The number of nitrogens with zero attached hydrogens (tertiary/aromatic N) is 3. The number of hydrogen-bond donors (Lipinski definition) is 1. The largest absolute Gasteiger partial charge is 0.443 e. The van der Waals surface area contributed by atoms with Gasteiger partial charge in [0.2, 0.25) is 0 Å². The maximum absolute atomic E-state index is 13.3. The number of pyridine rings is 2. The Hall–Kier alpha value is -2.93. The van der Waals surface area contributed by atoms with Crippen molar-refractivity contribution in [2.45, 2.75) is 45.9 Å². The van der Waals surface area contributed by atoms with Gasteiger partial charge in [0.1, 0.15) is 11.4 Å². The van der Waals surface area contributed by atoms with E-state index in [1.165, 1.54) is 0 Å². The molecule has 1 aliphatic heterocycles. The minimum atomic E-state index is -0.608. The predicted molar refractivity (Wildman–Crippen MR) is 128 cm³/mol. The standard InChI is InChI=1S/C24H25BrN4O2/c1-15-5-8-18-21(9-10-27-22(18)28-15)29(23(30)31-24(2,3)4)14-16-6-7-17-12-26-13-20(25)19(17)11-16/h5-13,15H,14H2,1-4H3,(H,27,28). The maximum Gasteiger partial charge on any atom is 0.415 e. The van der Waals surface area contributed by atoms with Gasteiger partial charge in [-0.2, -0.15) is 0 Å². The molecule has 31 heavy (non-hydrogen) atoms. The second-order valence-corrected chi connectivity index (χ2v) is 9.48. The SMILES string of the molecule is CC1C=Cc2c(N(Cc3ccc4cncc(Br)c4c3)C(=O)OC(C)(C)C)ccnc2N1. The number of anilines is 2. The fraction of sp³-hybridized carbons (Fsp3) is 0.292. The Labute approximate surface area is 190 Å². The summed E-state index contributed by atoms with van der Waals surface area (Å²) < 4.78 is 6.67. The molecule has 1 N–H and O–H groups in total. The Morgan fingerprint density at radius 2 is 2.06 bits per heavy atom. The Bertz CT molecular complexity index is 1170. The van der Waals surface area contributed by atoms with Gasteiger partial charge in [0.25, 0.3) is 0 Å². The number of rotatable bonds is 3. The molecule has 3 heterocycles. The molecule has 0 saturated carbocycles. The monoisotopic (exact) mass is 480 g/mol. The molecule has 160 valence electrons. The lowest BCUT2D eigenvalue weighted by molar-refractivity contribution is 0.0577. The van der Waals surface area contributed by atoms with Gasteiger partial charge in [0.15, 0.2) is 0 Å². The summed E-state index contributed by atoms with van der Waals surface area (Å²) >= 11 is 3.57. The Morgan fingerprint density at radius 1 is 1.26 bits per heavy atom. The van der Waals surface area contributed by atoms with Crippen LogP contribution < -0.4 is 10.2 Å². The third kappa shape index (κ3) is 4.71. The molecule has 1 amide bonds. The molecule has 6 nitrogen and oxygen atoms in total. The van der Waals surface area contributed by atoms with Crippen molar-refractivity contribution in [3.63, 3.8) is 0 Å². The first-order valence-electron chi connectivity index (χ1n) is 10.2. The van der Waals surface area contributed by atoms with Crippen molar-refractivity contribution in [2.75, 3.05) is 10.2 Å². The zero-order valence-electron chi connectivity index (χ0n) is 18.0. The van der Waals surface area contributed by atoms with Crippen molar-refractivity contribution in [3.8, 4) is 0 Å². The molecule has 7 heteroatoms. The van der Waals surface area contributed by atoms with Crippen molar-refractivity contribution in [1.29, 1.82) is 0 Å². The molecule has 0 spiro atoms. The van der Waals surface area contributed by atoms with Gasteiger partial charge in [0.05, 0.1) is 12.2 Å². The topological polar surface area (TPSA) is 67.4 Å². The first-order chi connectivity index (χ1) is 14.7. The molecular weight excluding hydrogens is 456 g/mol. The minimum absolute atomic E-state index is 0.177. The molecule has 0 fully saturated rings. The van der Waals surface area contributed by atoms with Gasteiger partial charge in [-0.25, -0.2) is 9.78 Å². The Kier molecular flexibility index (Phi) is 5.71. The number of nitrogens with one attached hydrogen (secondary N) is 1. The molecule has 4 rings (SSSR count). The van der Waals surface area contributed by atoms with Gasteiger partial charge >= 0.3 is 6.09 Å². The average Bonchev–Trinajstić information content (AvgIpc) is 2.70. The van der Waals surface area contributed by atoms with Gasteiger partial charge in [-0.05, 0) is 66.7 Å². The van der Waals surface area contributed by atoms with Gasteiger partial charge in [-0.15, -0.1) is 0 Å². The second kappa shape index (κ2) is 8.30. The van der Waals surface area contributed by atoms with Crippen LogP contribution in [0.3, 0.4) is 0 Å². The molecule has 1 aliphatic rings. The number of carbonyl (C=O) groups is 1. The van der Waals surface area contributed by atoms with Crippen LogP contribution in [0.4, 0.5) is 16.3 Å². The number of amides is 1. The molecule has 0 radical (unpaired) electrons. The fourth-order valence-electron chi connectivity index (χ4n) is 3.50. The summed E-state index contributed by atoms with van der Waals surface area (Å²) in [6.07, 6.45) is 8.98. The van der Waals surface area contributed by atoms with Crippen molar-refractivity contribution >= 4 is 50.4 Å². The highest BCUT2D eigenvalue weighted by molar-refractivity contribution is 9.10. The lowest BCUT2D eigenvalue weighted by atomic mass is 10.1. The smallest absolute Gasteiger partial charge is 0.415 e. The van der Waals surface area contributed by atoms with E-state index in [0.29, 0.717) is 6.54 Å². The van der Waals surface area contributed by atoms with Crippen molar-refractivity contribution in [1.82, 2.24) is 9.97 Å². The minimum Gasteiger partial charge on any atom is -0.443 e. The van der Waals surface area contributed by atoms with Gasteiger partial charge < -0.3 is 10.1 Å². The van der Waals surface area contributed by atoms with Crippen LogP contribution in [-0.4, -0.2) is 27.7 Å². The van der Waals surface area contributed by atoms with Crippen LogP contribution in [0.5, 0.6) is 0 Å². The number of carbonyl (C=O) groups excluding carboxylic acids is 1. The van der Waals surface area contributed by atoms with E-state index in [1.807, 2.05) is 51.2 Å².